The summed E-state index contributed by atoms with van der Waals surface area (Å²) in [5.74, 6) is 0.716. The standard InChI is InChI=1S/C20H15NO2S/c22-20-16-8-4-5-9-18(16)24-19-12-15(10-11-17(19)21-20)23-13-14-6-2-1-3-7-14/h1-12H,13H2,(H,21,22). The Bertz CT molecular complexity index is 893. The molecule has 3 nitrogen and oxygen atoms in total. The minimum absolute atomic E-state index is 0.0743. The van der Waals surface area contributed by atoms with Crippen LogP contribution in [0.25, 0.3) is 0 Å². The molecule has 0 bridgehead atoms. The summed E-state index contributed by atoms with van der Waals surface area (Å²) in [5.41, 5.74) is 2.64. The van der Waals surface area contributed by atoms with Gasteiger partial charge < -0.3 is 10.1 Å². The van der Waals surface area contributed by atoms with Gasteiger partial charge in [-0.1, -0.05) is 54.2 Å². The van der Waals surface area contributed by atoms with E-state index in [2.05, 4.69) is 5.32 Å². The highest BCUT2D eigenvalue weighted by molar-refractivity contribution is 7.99. The highest BCUT2D eigenvalue weighted by Gasteiger charge is 2.19. The molecular formula is C20H15NO2S. The van der Waals surface area contributed by atoms with Crippen molar-refractivity contribution in [3.05, 3.63) is 83.9 Å². The quantitative estimate of drug-likeness (QED) is 0.734. The predicted molar refractivity (Wildman–Crippen MR) is 95.7 cm³/mol. The van der Waals surface area contributed by atoms with Gasteiger partial charge in [-0.2, -0.15) is 0 Å². The van der Waals surface area contributed by atoms with Crippen LogP contribution in [0.2, 0.25) is 0 Å². The van der Waals surface area contributed by atoms with Gasteiger partial charge >= 0.3 is 0 Å². The van der Waals surface area contributed by atoms with Crippen LogP contribution < -0.4 is 10.1 Å². The van der Waals surface area contributed by atoms with E-state index in [4.69, 9.17) is 4.74 Å². The van der Waals surface area contributed by atoms with Crippen LogP contribution in [0.15, 0.2) is 82.6 Å². The molecule has 0 spiro atoms. The molecule has 1 N–H and O–H groups in total. The Morgan fingerprint density at radius 1 is 0.875 bits per heavy atom. The van der Waals surface area contributed by atoms with Crippen molar-refractivity contribution in [3.63, 3.8) is 0 Å². The van der Waals surface area contributed by atoms with E-state index < -0.39 is 0 Å². The van der Waals surface area contributed by atoms with Gasteiger partial charge in [0.15, 0.2) is 0 Å². The van der Waals surface area contributed by atoms with Gasteiger partial charge in [-0.15, -0.1) is 0 Å². The summed E-state index contributed by atoms with van der Waals surface area (Å²) >= 11 is 1.58. The van der Waals surface area contributed by atoms with E-state index >= 15 is 0 Å². The van der Waals surface area contributed by atoms with Gasteiger partial charge in [-0.25, -0.2) is 0 Å². The van der Waals surface area contributed by atoms with Gasteiger partial charge in [-0.05, 0) is 35.9 Å². The number of hydrogen-bond donors (Lipinski definition) is 1. The molecule has 0 radical (unpaired) electrons. The monoisotopic (exact) mass is 333 g/mol. The van der Waals surface area contributed by atoms with Gasteiger partial charge in [0.05, 0.1) is 11.3 Å². The fourth-order valence-electron chi connectivity index (χ4n) is 2.57. The molecule has 0 saturated heterocycles. The van der Waals surface area contributed by atoms with E-state index in [-0.39, 0.29) is 5.91 Å². The van der Waals surface area contributed by atoms with E-state index in [1.165, 1.54) is 0 Å². The third kappa shape index (κ3) is 3.01. The molecule has 118 valence electrons. The maximum atomic E-state index is 12.3. The van der Waals surface area contributed by atoms with Crippen molar-refractivity contribution in [3.8, 4) is 5.75 Å². The van der Waals surface area contributed by atoms with Crippen molar-refractivity contribution in [2.24, 2.45) is 0 Å². The smallest absolute Gasteiger partial charge is 0.256 e. The number of anilines is 1. The number of rotatable bonds is 3. The number of fused-ring (bicyclic) bond motifs is 2. The molecule has 4 rings (SSSR count). The molecule has 0 atom stereocenters. The second-order valence-corrected chi connectivity index (χ2v) is 6.57. The lowest BCUT2D eigenvalue weighted by Gasteiger charge is -2.10. The van der Waals surface area contributed by atoms with Crippen molar-refractivity contribution in [2.45, 2.75) is 16.4 Å². The average Bonchev–Trinajstić information content (AvgIpc) is 2.76. The van der Waals surface area contributed by atoms with Crippen molar-refractivity contribution in [1.82, 2.24) is 0 Å². The van der Waals surface area contributed by atoms with Crippen LogP contribution in [0.3, 0.4) is 0 Å². The molecule has 24 heavy (non-hydrogen) atoms. The van der Waals surface area contributed by atoms with Gasteiger partial charge in [0, 0.05) is 9.79 Å². The van der Waals surface area contributed by atoms with Gasteiger partial charge in [0.25, 0.3) is 5.91 Å². The van der Waals surface area contributed by atoms with Crippen molar-refractivity contribution < 1.29 is 9.53 Å². The molecule has 3 aromatic carbocycles. The molecule has 4 heteroatoms. The Morgan fingerprint density at radius 3 is 2.54 bits per heavy atom. The van der Waals surface area contributed by atoms with Gasteiger partial charge in [0.2, 0.25) is 0 Å². The summed E-state index contributed by atoms with van der Waals surface area (Å²) in [6, 6.07) is 23.4. The van der Waals surface area contributed by atoms with Gasteiger partial charge in [0.1, 0.15) is 12.4 Å². The highest BCUT2D eigenvalue weighted by Crippen LogP contribution is 2.40. The molecule has 1 aliphatic rings. The largest absolute Gasteiger partial charge is 0.489 e. The van der Waals surface area contributed by atoms with Crippen LogP contribution in [0, 0.1) is 0 Å². The average molecular weight is 333 g/mol. The molecule has 0 fully saturated rings. The minimum atomic E-state index is -0.0743. The molecular weight excluding hydrogens is 318 g/mol. The molecule has 3 aromatic rings. The third-order valence-electron chi connectivity index (χ3n) is 3.80. The van der Waals surface area contributed by atoms with Crippen molar-refractivity contribution in [1.29, 1.82) is 0 Å². The zero-order valence-corrected chi connectivity index (χ0v) is 13.7. The van der Waals surface area contributed by atoms with Crippen LogP contribution in [-0.2, 0) is 6.61 Å². The Balaban J connectivity index is 1.60. The number of amides is 1. The first-order valence-corrected chi connectivity index (χ1v) is 8.50. The number of carbonyl (C=O) groups is 1. The number of carbonyl (C=O) groups excluding carboxylic acids is 1. The minimum Gasteiger partial charge on any atom is -0.489 e. The molecule has 0 saturated carbocycles. The Morgan fingerprint density at radius 2 is 1.67 bits per heavy atom. The third-order valence-corrected chi connectivity index (χ3v) is 4.93. The normalized spacial score (nSPS) is 12.6. The summed E-state index contributed by atoms with van der Waals surface area (Å²) in [7, 11) is 0. The summed E-state index contributed by atoms with van der Waals surface area (Å²) in [4.78, 5) is 14.2. The molecule has 0 aliphatic carbocycles. The van der Waals surface area contributed by atoms with E-state index in [9.17, 15) is 4.79 Å². The Labute approximate surface area is 144 Å². The molecule has 1 heterocycles. The van der Waals surface area contributed by atoms with Gasteiger partial charge in [-0.3, -0.25) is 4.79 Å². The van der Waals surface area contributed by atoms with Crippen LogP contribution in [-0.4, -0.2) is 5.91 Å². The molecule has 0 aromatic heterocycles. The van der Waals surface area contributed by atoms with E-state index in [0.717, 1.165) is 26.8 Å². The number of nitrogens with one attached hydrogen (secondary N) is 1. The number of benzene rings is 3. The molecule has 1 amide bonds. The lowest BCUT2D eigenvalue weighted by Crippen LogP contribution is -2.11. The molecule has 1 aliphatic heterocycles. The van der Waals surface area contributed by atoms with E-state index in [1.54, 1.807) is 11.8 Å². The van der Waals surface area contributed by atoms with E-state index in [0.29, 0.717) is 12.2 Å². The first kappa shape index (κ1) is 14.8. The first-order chi connectivity index (χ1) is 11.8. The second-order valence-electron chi connectivity index (χ2n) is 5.48. The lowest BCUT2D eigenvalue weighted by molar-refractivity contribution is 0.102. The first-order valence-electron chi connectivity index (χ1n) is 7.68. The highest BCUT2D eigenvalue weighted by atomic mass is 32.2. The maximum Gasteiger partial charge on any atom is 0.256 e. The zero-order chi connectivity index (χ0) is 16.4. The topological polar surface area (TPSA) is 38.3 Å². The maximum absolute atomic E-state index is 12.3. The fourth-order valence-corrected chi connectivity index (χ4v) is 3.63. The van der Waals surface area contributed by atoms with Crippen LogP contribution in [0.1, 0.15) is 15.9 Å². The summed E-state index contributed by atoms with van der Waals surface area (Å²) in [6.07, 6.45) is 0. The Hall–Kier alpha value is -2.72. The van der Waals surface area contributed by atoms with Crippen molar-refractivity contribution >= 4 is 23.4 Å². The summed E-state index contributed by atoms with van der Waals surface area (Å²) in [5, 5.41) is 2.96. The summed E-state index contributed by atoms with van der Waals surface area (Å²) in [6.45, 7) is 0.521. The zero-order valence-electron chi connectivity index (χ0n) is 12.9. The SMILES string of the molecule is O=C1Nc2ccc(OCc3ccccc3)cc2Sc2ccccc21. The Kier molecular flexibility index (Phi) is 3.97. The summed E-state index contributed by atoms with van der Waals surface area (Å²) < 4.78 is 5.89. The van der Waals surface area contributed by atoms with Crippen molar-refractivity contribution in [2.75, 3.05) is 5.32 Å². The predicted octanol–water partition coefficient (Wildman–Crippen LogP) is 4.98. The van der Waals surface area contributed by atoms with Crippen LogP contribution >= 0.6 is 11.8 Å². The fraction of sp³-hybridized carbons (Fsp3) is 0.0500. The van der Waals surface area contributed by atoms with E-state index in [1.807, 2.05) is 72.8 Å². The van der Waals surface area contributed by atoms with Crippen LogP contribution in [0.5, 0.6) is 5.75 Å². The molecule has 0 unspecified atom stereocenters. The second kappa shape index (κ2) is 6.42. The lowest BCUT2D eigenvalue weighted by atomic mass is 10.2. The number of ether oxygens (including phenoxy) is 1. The van der Waals surface area contributed by atoms with Crippen LogP contribution in [0.4, 0.5) is 5.69 Å². The number of hydrogen-bond acceptors (Lipinski definition) is 3.